The molecule has 0 amide bonds. The van der Waals surface area contributed by atoms with E-state index in [1.54, 1.807) is 6.92 Å². The maximum Gasteiger partial charge on any atom is 0.418 e. The fourth-order valence-electron chi connectivity index (χ4n) is 5.43. The van der Waals surface area contributed by atoms with Crippen LogP contribution in [-0.2, 0) is 22.1 Å². The van der Waals surface area contributed by atoms with Gasteiger partial charge < -0.3 is 19.7 Å². The minimum absolute atomic E-state index is 0.00497. The van der Waals surface area contributed by atoms with Crippen LogP contribution in [-0.4, -0.2) is 53.1 Å². The second-order valence-corrected chi connectivity index (χ2v) is 10.6. The van der Waals surface area contributed by atoms with Crippen LogP contribution >= 0.6 is 11.6 Å². The predicted octanol–water partition coefficient (Wildman–Crippen LogP) is 5.79. The van der Waals surface area contributed by atoms with Gasteiger partial charge in [-0.05, 0) is 37.1 Å². The van der Waals surface area contributed by atoms with Gasteiger partial charge in [-0.15, -0.1) is 0 Å². The number of halogens is 6. The molecule has 226 valence electrons. The molecule has 2 N–H and O–H groups in total. The first kappa shape index (κ1) is 29.1. The first-order valence-corrected chi connectivity index (χ1v) is 13.5. The van der Waals surface area contributed by atoms with Gasteiger partial charge >= 0.3 is 6.18 Å². The van der Waals surface area contributed by atoms with E-state index in [1.165, 1.54) is 36.1 Å². The molecule has 2 aromatic carbocycles. The summed E-state index contributed by atoms with van der Waals surface area (Å²) in [5, 5.41) is 30.5. The Labute approximate surface area is 245 Å². The number of aromatic nitrogens is 5. The Morgan fingerprint density at radius 3 is 2.58 bits per heavy atom. The summed E-state index contributed by atoms with van der Waals surface area (Å²) in [5.41, 5.74) is -1.20. The van der Waals surface area contributed by atoms with Crippen LogP contribution in [0.25, 0.3) is 16.8 Å². The Kier molecular flexibility index (Phi) is 7.18. The lowest BCUT2D eigenvalue weighted by molar-refractivity contribution is -0.186. The number of aliphatic hydroxyl groups is 2. The molecule has 5 atom stereocenters. The van der Waals surface area contributed by atoms with E-state index in [9.17, 15) is 32.2 Å². The van der Waals surface area contributed by atoms with Gasteiger partial charge in [0, 0.05) is 22.3 Å². The lowest BCUT2D eigenvalue weighted by Gasteiger charge is -2.41. The summed E-state index contributed by atoms with van der Waals surface area (Å²) in [6.07, 6.45) is -6.12. The number of nitrogens with zero attached hydrogens (tertiary/aromatic N) is 5. The van der Waals surface area contributed by atoms with Crippen LogP contribution in [0.4, 0.5) is 22.0 Å². The van der Waals surface area contributed by atoms with Gasteiger partial charge in [0.2, 0.25) is 0 Å². The van der Waals surface area contributed by atoms with E-state index in [0.717, 1.165) is 29.1 Å². The second-order valence-electron chi connectivity index (χ2n) is 10.2. The summed E-state index contributed by atoms with van der Waals surface area (Å²) in [5.74, 6) is -2.54. The molecule has 9 nitrogen and oxygen atoms in total. The highest BCUT2D eigenvalue weighted by Gasteiger charge is 2.53. The molecule has 4 aromatic rings. The largest absolute Gasteiger partial charge is 0.506 e. The molecule has 4 heterocycles. The number of aryl methyl sites for hydroxylation is 2. The highest BCUT2D eigenvalue weighted by molar-refractivity contribution is 6.30. The minimum Gasteiger partial charge on any atom is -0.506 e. The maximum atomic E-state index is 14.9. The van der Waals surface area contributed by atoms with E-state index in [4.69, 9.17) is 21.1 Å². The van der Waals surface area contributed by atoms with Crippen LogP contribution in [0.5, 0.6) is 0 Å². The van der Waals surface area contributed by atoms with Gasteiger partial charge in [0.1, 0.15) is 30.3 Å². The lowest BCUT2D eigenvalue weighted by atomic mass is 9.92. The van der Waals surface area contributed by atoms with E-state index >= 15 is 0 Å². The zero-order chi connectivity index (χ0) is 30.8. The number of alkyl halides is 3. The average molecular weight is 624 g/mol. The first-order chi connectivity index (χ1) is 20.4. The molecule has 0 bridgehead atoms. The van der Waals surface area contributed by atoms with Crippen LogP contribution in [0, 0.1) is 18.6 Å². The Balaban J connectivity index is 1.43. The van der Waals surface area contributed by atoms with Gasteiger partial charge in [-0.25, -0.2) is 18.4 Å². The molecule has 2 aliphatic rings. The van der Waals surface area contributed by atoms with Crippen molar-refractivity contribution in [1.29, 1.82) is 0 Å². The number of rotatable bonds is 5. The van der Waals surface area contributed by atoms with Gasteiger partial charge in [-0.2, -0.15) is 23.4 Å². The molecule has 2 aromatic heterocycles. The maximum absolute atomic E-state index is 14.9. The highest BCUT2D eigenvalue weighted by atomic mass is 35.5. The molecule has 2 aliphatic heterocycles. The summed E-state index contributed by atoms with van der Waals surface area (Å²) >= 11 is 6.05. The van der Waals surface area contributed by atoms with E-state index in [1.807, 2.05) is 0 Å². The zero-order valence-electron chi connectivity index (χ0n) is 22.4. The molecule has 43 heavy (non-hydrogen) atoms. The van der Waals surface area contributed by atoms with Gasteiger partial charge in [-0.1, -0.05) is 30.7 Å². The van der Waals surface area contributed by atoms with Gasteiger partial charge in [0.25, 0.3) is 0 Å². The van der Waals surface area contributed by atoms with Crippen molar-refractivity contribution in [2.75, 3.05) is 0 Å². The number of hydrogen-bond donors (Lipinski definition) is 2. The summed E-state index contributed by atoms with van der Waals surface area (Å²) < 4.78 is 85.0. The molecule has 0 aliphatic carbocycles. The van der Waals surface area contributed by atoms with Crippen LogP contribution in [0.1, 0.15) is 41.8 Å². The van der Waals surface area contributed by atoms with Crippen molar-refractivity contribution in [2.24, 2.45) is 0 Å². The van der Waals surface area contributed by atoms with Crippen molar-refractivity contribution >= 4 is 11.6 Å². The zero-order valence-corrected chi connectivity index (χ0v) is 23.2. The molecule has 0 spiro atoms. The number of ether oxygens (including phenoxy) is 2. The third-order valence-corrected chi connectivity index (χ3v) is 7.71. The van der Waals surface area contributed by atoms with E-state index in [-0.39, 0.29) is 39.1 Å². The smallest absolute Gasteiger partial charge is 0.418 e. The highest BCUT2D eigenvalue weighted by Crippen LogP contribution is 2.45. The lowest BCUT2D eigenvalue weighted by Crippen LogP contribution is -2.51. The van der Waals surface area contributed by atoms with Crippen molar-refractivity contribution in [3.8, 4) is 16.8 Å². The van der Waals surface area contributed by atoms with E-state index in [2.05, 4.69) is 15.2 Å². The third-order valence-electron chi connectivity index (χ3n) is 7.47. The van der Waals surface area contributed by atoms with Gasteiger partial charge in [0.15, 0.2) is 35.4 Å². The Bertz CT molecular complexity index is 1740. The Morgan fingerprint density at radius 1 is 1.09 bits per heavy atom. The molecule has 15 heteroatoms. The van der Waals surface area contributed by atoms with Crippen LogP contribution in [0.15, 0.2) is 54.7 Å². The number of hydrogen-bond acceptors (Lipinski definition) is 7. The monoisotopic (exact) mass is 623 g/mol. The minimum atomic E-state index is -4.79. The molecule has 3 unspecified atom stereocenters. The molecular weight excluding hydrogens is 601 g/mol. The second kappa shape index (κ2) is 10.6. The molecule has 6 rings (SSSR count). The van der Waals surface area contributed by atoms with Crippen molar-refractivity contribution in [1.82, 2.24) is 24.5 Å². The fraction of sp³-hybridized carbons (Fsp3) is 0.321. The molecule has 0 radical (unpaired) electrons. The van der Waals surface area contributed by atoms with Crippen LogP contribution in [0.3, 0.4) is 0 Å². The Morgan fingerprint density at radius 2 is 1.86 bits per heavy atom. The quantitative estimate of drug-likeness (QED) is 0.271. The van der Waals surface area contributed by atoms with E-state index < -0.39 is 59.5 Å². The van der Waals surface area contributed by atoms with Gasteiger partial charge in [-0.3, -0.25) is 4.68 Å². The summed E-state index contributed by atoms with van der Waals surface area (Å²) in [6.45, 7) is 3.14. The number of fused-ring (bicyclic) bond motifs is 1. The molecule has 0 saturated carbocycles. The average Bonchev–Trinajstić information content (AvgIpc) is 3.68. The van der Waals surface area contributed by atoms with E-state index in [0.29, 0.717) is 6.42 Å². The third kappa shape index (κ3) is 4.92. The number of benzene rings is 2. The summed E-state index contributed by atoms with van der Waals surface area (Å²) in [4.78, 5) is 4.27. The van der Waals surface area contributed by atoms with Crippen molar-refractivity contribution in [3.63, 3.8) is 0 Å². The first-order valence-electron chi connectivity index (χ1n) is 13.1. The van der Waals surface area contributed by atoms with Crippen LogP contribution < -0.4 is 0 Å². The Hall–Kier alpha value is -4.01. The summed E-state index contributed by atoms with van der Waals surface area (Å²) in [7, 11) is 0. The fourth-order valence-corrected chi connectivity index (χ4v) is 5.60. The van der Waals surface area contributed by atoms with Crippen LogP contribution in [0.2, 0.25) is 5.02 Å². The normalized spacial score (nSPS) is 23.7. The summed E-state index contributed by atoms with van der Waals surface area (Å²) in [6, 6.07) is 4.69. The topological polar surface area (TPSA) is 107 Å². The SMILES string of the molecule is CCc1ccc(-c2cnn(C3C(O)[C@H](c4nc(C)nn4-c4cc(Cl)ccc4C(F)(F)F)OC4C(O)=CO[C@@H]43)c2)c(F)c1F. The molecular formula is C28H23ClF5N5O4. The van der Waals surface area contributed by atoms with Crippen molar-refractivity contribution < 1.29 is 41.6 Å². The molecule has 1 saturated heterocycles. The number of aliphatic hydroxyl groups excluding tert-OH is 2. The molecule has 1 fully saturated rings. The van der Waals surface area contributed by atoms with Gasteiger partial charge in [0.05, 0.1) is 17.4 Å². The van der Waals surface area contributed by atoms with Crippen molar-refractivity contribution in [3.05, 3.63) is 94.2 Å². The predicted molar refractivity (Wildman–Crippen MR) is 141 cm³/mol. The standard InChI is InChI=1S/C28H23ClF5N5O4/c1-3-13-4-6-16(21(31)20(13)30)14-9-35-38(10-14)22-23(41)26(43-24-19(40)11-42-25(22)24)27-36-12(2)37-39(27)18-8-15(29)5-7-17(18)28(32,33)34/h4-11,22-26,40-41H,3H2,1-2H3/t22?,23?,24?,25-,26-/m1/s1. The van der Waals surface area contributed by atoms with Crippen molar-refractivity contribution in [2.45, 2.75) is 56.9 Å².